The molecule has 8 aromatic rings. The van der Waals surface area contributed by atoms with Gasteiger partial charge in [-0.05, 0) is 67.7 Å². The Hall–Kier alpha value is -4.90. The van der Waals surface area contributed by atoms with Gasteiger partial charge in [0.2, 0.25) is 5.71 Å². The van der Waals surface area contributed by atoms with Crippen molar-refractivity contribution in [2.45, 2.75) is 33.5 Å². The van der Waals surface area contributed by atoms with E-state index in [1.807, 2.05) is 54.6 Å². The maximum Gasteiger partial charge on any atom is 0.227 e. The molecule has 0 amide bonds. The monoisotopic (exact) mass is 524 g/mol. The molecule has 194 valence electrons. The summed E-state index contributed by atoms with van der Waals surface area (Å²) in [5, 5.41) is 3.85. The van der Waals surface area contributed by atoms with Crippen LogP contribution in [-0.2, 0) is 12.8 Å². The molecular formula is C35H27N3O2. The van der Waals surface area contributed by atoms with Crippen molar-refractivity contribution in [1.82, 2.24) is 14.5 Å². The first-order valence-electron chi connectivity index (χ1n) is 15.1. The predicted octanol–water partition coefficient (Wildman–Crippen LogP) is 9.32. The Morgan fingerprint density at radius 2 is 1.60 bits per heavy atom. The third-order valence-electron chi connectivity index (χ3n) is 7.94. The third kappa shape index (κ3) is 3.15. The van der Waals surface area contributed by atoms with Gasteiger partial charge >= 0.3 is 0 Å². The summed E-state index contributed by atoms with van der Waals surface area (Å²) in [4.78, 5) is 9.55. The van der Waals surface area contributed by atoms with Gasteiger partial charge in [0, 0.05) is 36.9 Å². The number of fused-ring (bicyclic) bond motifs is 7. The van der Waals surface area contributed by atoms with Gasteiger partial charge < -0.3 is 8.83 Å². The van der Waals surface area contributed by atoms with E-state index < -0.39 is 6.85 Å². The molecule has 40 heavy (non-hydrogen) atoms. The first-order chi connectivity index (χ1) is 20.9. The largest absolute Gasteiger partial charge is 0.456 e. The van der Waals surface area contributed by atoms with E-state index in [0.29, 0.717) is 11.3 Å². The summed E-state index contributed by atoms with van der Waals surface area (Å²) in [5.74, 6) is 0.738. The minimum Gasteiger partial charge on any atom is -0.456 e. The highest BCUT2D eigenvalue weighted by Crippen LogP contribution is 2.42. The second kappa shape index (κ2) is 8.55. The second-order valence-corrected chi connectivity index (χ2v) is 10.1. The number of aromatic nitrogens is 3. The molecule has 0 aliphatic carbocycles. The van der Waals surface area contributed by atoms with Crippen LogP contribution >= 0.6 is 0 Å². The van der Waals surface area contributed by atoms with Gasteiger partial charge in [-0.25, -0.2) is 9.97 Å². The lowest BCUT2D eigenvalue weighted by Gasteiger charge is -2.18. The summed E-state index contributed by atoms with van der Waals surface area (Å²) < 4.78 is 38.6. The Morgan fingerprint density at radius 1 is 0.750 bits per heavy atom. The van der Waals surface area contributed by atoms with Gasteiger partial charge in [0.1, 0.15) is 22.6 Å². The van der Waals surface area contributed by atoms with Gasteiger partial charge in [-0.1, -0.05) is 56.3 Å². The van der Waals surface area contributed by atoms with E-state index in [2.05, 4.69) is 41.6 Å². The van der Waals surface area contributed by atoms with Crippen LogP contribution < -0.4 is 0 Å². The highest BCUT2D eigenvalue weighted by Gasteiger charge is 2.25. The molecule has 0 aliphatic heterocycles. The number of hydrogen-bond donors (Lipinski definition) is 0. The summed E-state index contributed by atoms with van der Waals surface area (Å²) in [6.45, 7) is 2.02. The molecule has 0 radical (unpaired) electrons. The zero-order chi connectivity index (χ0) is 29.5. The van der Waals surface area contributed by atoms with Gasteiger partial charge in [0.05, 0.1) is 22.3 Å². The van der Waals surface area contributed by atoms with E-state index in [1.165, 1.54) is 5.56 Å². The molecule has 4 heterocycles. The van der Waals surface area contributed by atoms with Gasteiger partial charge in [0.25, 0.3) is 0 Å². The Morgan fingerprint density at radius 3 is 2.48 bits per heavy atom. The number of para-hydroxylation sites is 4. The fraction of sp³-hybridized carbons (Fsp3) is 0.143. The van der Waals surface area contributed by atoms with Crippen LogP contribution in [0.1, 0.15) is 34.8 Å². The van der Waals surface area contributed by atoms with E-state index >= 15 is 0 Å². The summed E-state index contributed by atoms with van der Waals surface area (Å²) >= 11 is 0. The molecule has 0 fully saturated rings. The first kappa shape index (κ1) is 20.1. The van der Waals surface area contributed by atoms with E-state index in [4.69, 9.17) is 17.9 Å². The Bertz CT molecular complexity index is 2380. The van der Waals surface area contributed by atoms with Crippen molar-refractivity contribution >= 4 is 55.0 Å². The highest BCUT2D eigenvalue weighted by atomic mass is 16.3. The first-order valence-corrected chi connectivity index (χ1v) is 13.6. The quantitative estimate of drug-likeness (QED) is 0.230. The molecule has 0 N–H and O–H groups in total. The smallest absolute Gasteiger partial charge is 0.227 e. The second-order valence-electron chi connectivity index (χ2n) is 10.1. The topological polar surface area (TPSA) is 57.0 Å². The molecular weight excluding hydrogens is 494 g/mol. The van der Waals surface area contributed by atoms with Crippen molar-refractivity contribution in [3.8, 4) is 17.1 Å². The van der Waals surface area contributed by atoms with Crippen LogP contribution in [0.4, 0.5) is 0 Å². The van der Waals surface area contributed by atoms with Gasteiger partial charge in [-0.3, -0.25) is 4.57 Å². The van der Waals surface area contributed by atoms with Crippen molar-refractivity contribution in [2.24, 2.45) is 0 Å². The fourth-order valence-electron chi connectivity index (χ4n) is 6.14. The predicted molar refractivity (Wildman–Crippen MR) is 162 cm³/mol. The number of aryl methyl sites for hydroxylation is 3. The van der Waals surface area contributed by atoms with Crippen molar-refractivity contribution < 1.29 is 12.9 Å². The van der Waals surface area contributed by atoms with Crippen LogP contribution in [-0.4, -0.2) is 14.5 Å². The Labute approximate surface area is 234 Å². The molecule has 0 spiro atoms. The molecule has 5 heteroatoms. The zero-order valence-electron chi connectivity index (χ0n) is 25.2. The summed E-state index contributed by atoms with van der Waals surface area (Å²) in [6.07, 6.45) is 1.59. The van der Waals surface area contributed by atoms with E-state index in [9.17, 15) is 0 Å². The molecule has 4 aromatic heterocycles. The summed E-state index contributed by atoms with van der Waals surface area (Å²) in [6, 6.07) is 27.9. The number of pyridine rings is 1. The lowest BCUT2D eigenvalue weighted by atomic mass is 9.97. The standard InChI is InChI=1S/C35H27N3O2/c1-4-21-19-27-23-11-6-9-16-30(23)39-32(27)22(5-2)31(21)38-29-15-8-7-14-28(29)37-34(38)26-13-10-12-24-25-18-17-20(3)36-35(25)40-33(24)26/h6-19H,4-5H2,1-3H3/i3D3. The van der Waals surface area contributed by atoms with Crippen molar-refractivity contribution in [1.29, 1.82) is 0 Å². The van der Waals surface area contributed by atoms with Crippen LogP contribution in [0.2, 0.25) is 0 Å². The van der Waals surface area contributed by atoms with E-state index in [-0.39, 0.29) is 5.69 Å². The van der Waals surface area contributed by atoms with Crippen molar-refractivity contribution in [3.63, 3.8) is 0 Å². The number of hydrogen-bond acceptors (Lipinski definition) is 4. The normalized spacial score (nSPS) is 13.5. The van der Waals surface area contributed by atoms with Crippen LogP contribution in [0.3, 0.4) is 0 Å². The van der Waals surface area contributed by atoms with E-state index in [0.717, 1.165) is 79.2 Å². The molecule has 0 saturated carbocycles. The van der Waals surface area contributed by atoms with Crippen LogP contribution in [0.25, 0.3) is 72.1 Å². The Balaban J connectivity index is 1.48. The van der Waals surface area contributed by atoms with Crippen LogP contribution in [0.5, 0.6) is 0 Å². The average Bonchev–Trinajstić information content (AvgIpc) is 3.70. The molecule has 4 aromatic carbocycles. The van der Waals surface area contributed by atoms with Crippen LogP contribution in [0, 0.1) is 6.85 Å². The molecule has 5 nitrogen and oxygen atoms in total. The number of benzene rings is 4. The molecule has 0 unspecified atom stereocenters. The van der Waals surface area contributed by atoms with Crippen LogP contribution in [0.15, 0.2) is 93.8 Å². The lowest BCUT2D eigenvalue weighted by molar-refractivity contribution is 0.653. The minimum absolute atomic E-state index is 0.00663. The number of furan rings is 2. The maximum atomic E-state index is 7.82. The molecule has 0 bridgehead atoms. The highest BCUT2D eigenvalue weighted by molar-refractivity contribution is 6.10. The number of rotatable bonds is 4. The molecule has 0 atom stereocenters. The Kier molecular flexibility index (Phi) is 4.29. The molecule has 0 aliphatic rings. The average molecular weight is 525 g/mol. The SMILES string of the molecule is [2H]C([2H])([2H])c1ccc2c(n1)oc1c(-c3nc4ccccc4n3-c3c(CC)cc4c(oc5ccccc54)c3CC)cccc12. The minimum atomic E-state index is -2.33. The number of nitrogens with zero attached hydrogens (tertiary/aromatic N) is 3. The van der Waals surface area contributed by atoms with Gasteiger partial charge in [-0.2, -0.15) is 0 Å². The van der Waals surface area contributed by atoms with Crippen molar-refractivity contribution in [2.75, 3.05) is 0 Å². The number of imidazole rings is 1. The molecule has 8 rings (SSSR count). The fourth-order valence-corrected chi connectivity index (χ4v) is 6.14. The third-order valence-corrected chi connectivity index (χ3v) is 7.94. The van der Waals surface area contributed by atoms with Gasteiger partial charge in [0.15, 0.2) is 0 Å². The lowest BCUT2D eigenvalue weighted by Crippen LogP contribution is -2.06. The molecule has 0 saturated heterocycles. The summed E-state index contributed by atoms with van der Waals surface area (Å²) in [7, 11) is 0. The van der Waals surface area contributed by atoms with E-state index in [1.54, 1.807) is 12.1 Å². The maximum absolute atomic E-state index is 7.82. The van der Waals surface area contributed by atoms with Crippen molar-refractivity contribution in [3.05, 3.63) is 102 Å². The zero-order valence-corrected chi connectivity index (χ0v) is 22.2. The van der Waals surface area contributed by atoms with Gasteiger partial charge in [-0.15, -0.1) is 0 Å². The summed E-state index contributed by atoms with van der Waals surface area (Å²) in [5.41, 5.74) is 8.71.